The zero-order valence-electron chi connectivity index (χ0n) is 13.4. The lowest BCUT2D eigenvalue weighted by Gasteiger charge is -2.28. The minimum Gasteiger partial charge on any atom is -0.444 e. The molecule has 5 heteroatoms. The van der Waals surface area contributed by atoms with E-state index in [1.54, 1.807) is 17.0 Å². The van der Waals surface area contributed by atoms with Crippen LogP contribution < -0.4 is 0 Å². The van der Waals surface area contributed by atoms with E-state index in [0.717, 1.165) is 12.0 Å². The van der Waals surface area contributed by atoms with Gasteiger partial charge in [0, 0.05) is 18.1 Å². The van der Waals surface area contributed by atoms with Crippen LogP contribution in [-0.4, -0.2) is 34.8 Å². The van der Waals surface area contributed by atoms with Crippen molar-refractivity contribution in [2.24, 2.45) is 0 Å². The first kappa shape index (κ1) is 17.1. The van der Waals surface area contributed by atoms with Crippen LogP contribution in [0.15, 0.2) is 24.3 Å². The number of halogens is 1. The lowest BCUT2D eigenvalue weighted by Crippen LogP contribution is -2.38. The van der Waals surface area contributed by atoms with Gasteiger partial charge in [-0.3, -0.25) is 0 Å². The van der Waals surface area contributed by atoms with E-state index in [1.807, 2.05) is 32.9 Å². The van der Waals surface area contributed by atoms with Crippen LogP contribution in [0.3, 0.4) is 0 Å². The first-order chi connectivity index (χ1) is 10.2. The summed E-state index contributed by atoms with van der Waals surface area (Å²) in [7, 11) is 0. The predicted molar refractivity (Wildman–Crippen MR) is 87.0 cm³/mol. The first-order valence-electron chi connectivity index (χ1n) is 7.66. The van der Waals surface area contributed by atoms with Crippen LogP contribution in [-0.2, 0) is 10.3 Å². The number of ether oxygens (including phenoxy) is 1. The molecule has 1 fully saturated rings. The molecule has 2 rings (SSSR count). The Hall–Kier alpha value is -1.26. The van der Waals surface area contributed by atoms with Crippen molar-refractivity contribution in [2.75, 3.05) is 13.1 Å². The molecule has 0 radical (unpaired) electrons. The van der Waals surface area contributed by atoms with Gasteiger partial charge in [0.2, 0.25) is 0 Å². The molecule has 1 aromatic rings. The van der Waals surface area contributed by atoms with Crippen LogP contribution in [0.25, 0.3) is 0 Å². The Morgan fingerprint density at radius 3 is 2.68 bits per heavy atom. The number of hydrogen-bond acceptors (Lipinski definition) is 3. The van der Waals surface area contributed by atoms with E-state index in [1.165, 1.54) is 0 Å². The van der Waals surface area contributed by atoms with E-state index in [2.05, 4.69) is 0 Å². The fraction of sp³-hybridized carbons (Fsp3) is 0.588. The number of hydrogen-bond donors (Lipinski definition) is 1. The second-order valence-electron chi connectivity index (χ2n) is 6.86. The van der Waals surface area contributed by atoms with Crippen LogP contribution in [0, 0.1) is 0 Å². The molecule has 0 aliphatic carbocycles. The fourth-order valence-electron chi connectivity index (χ4n) is 2.69. The molecule has 0 bridgehead atoms. The molecule has 1 aliphatic rings. The number of benzene rings is 1. The van der Waals surface area contributed by atoms with Gasteiger partial charge in [0.1, 0.15) is 5.60 Å². The average molecular weight is 326 g/mol. The quantitative estimate of drug-likeness (QED) is 0.850. The zero-order valence-corrected chi connectivity index (χ0v) is 14.2. The molecule has 1 saturated heterocycles. The maximum absolute atomic E-state index is 12.2. The Kier molecular flexibility index (Phi) is 5.03. The zero-order chi connectivity index (χ0) is 16.4. The van der Waals surface area contributed by atoms with Crippen molar-refractivity contribution in [2.45, 2.75) is 51.2 Å². The molecule has 22 heavy (non-hydrogen) atoms. The van der Waals surface area contributed by atoms with Gasteiger partial charge in [0.15, 0.2) is 0 Å². The summed E-state index contributed by atoms with van der Waals surface area (Å²) in [6, 6.07) is 7.31. The number of rotatable bonds is 1. The SMILES string of the molecule is CC(C)(C)OC(=O)N1CCCC(O)(c2cccc(Cl)c2)CC1. The van der Waals surface area contributed by atoms with Crippen LogP contribution in [0.1, 0.15) is 45.6 Å². The average Bonchev–Trinajstić information content (AvgIpc) is 2.60. The van der Waals surface area contributed by atoms with E-state index in [-0.39, 0.29) is 6.09 Å². The Bertz CT molecular complexity index is 541. The molecule has 1 heterocycles. The van der Waals surface area contributed by atoms with Crippen molar-refractivity contribution >= 4 is 17.7 Å². The second-order valence-corrected chi connectivity index (χ2v) is 7.30. The van der Waals surface area contributed by atoms with Gasteiger partial charge in [-0.25, -0.2) is 4.79 Å². The van der Waals surface area contributed by atoms with Gasteiger partial charge in [0.05, 0.1) is 5.60 Å². The van der Waals surface area contributed by atoms with Gasteiger partial charge >= 0.3 is 6.09 Å². The third-order valence-electron chi connectivity index (χ3n) is 3.83. The van der Waals surface area contributed by atoms with Gasteiger partial charge in [-0.2, -0.15) is 0 Å². The topological polar surface area (TPSA) is 49.8 Å². The summed E-state index contributed by atoms with van der Waals surface area (Å²) in [5.41, 5.74) is -0.639. The van der Waals surface area contributed by atoms with E-state index in [0.29, 0.717) is 31.0 Å². The standard InChI is InChI=1S/C17H24ClNO3/c1-16(2,3)22-15(20)19-10-5-8-17(21,9-11-19)13-6-4-7-14(18)12-13/h4,6-7,12,21H,5,8-11H2,1-3H3. The Labute approximate surface area is 137 Å². The normalized spacial score (nSPS) is 23.0. The molecule has 1 amide bonds. The van der Waals surface area contributed by atoms with Crippen molar-refractivity contribution in [3.63, 3.8) is 0 Å². The number of likely N-dealkylation sites (tertiary alicyclic amines) is 1. The van der Waals surface area contributed by atoms with Gasteiger partial charge in [0.25, 0.3) is 0 Å². The molecule has 1 N–H and O–H groups in total. The summed E-state index contributed by atoms with van der Waals surface area (Å²) in [4.78, 5) is 13.8. The Morgan fingerprint density at radius 2 is 2.05 bits per heavy atom. The summed E-state index contributed by atoms with van der Waals surface area (Å²) in [6.07, 6.45) is 1.49. The molecular weight excluding hydrogens is 302 g/mol. The second kappa shape index (κ2) is 6.47. The Morgan fingerprint density at radius 1 is 1.32 bits per heavy atom. The van der Waals surface area contributed by atoms with Crippen molar-refractivity contribution < 1.29 is 14.6 Å². The first-order valence-corrected chi connectivity index (χ1v) is 8.04. The third-order valence-corrected chi connectivity index (χ3v) is 4.06. The highest BCUT2D eigenvalue weighted by Gasteiger charge is 2.34. The van der Waals surface area contributed by atoms with Crippen LogP contribution in [0.5, 0.6) is 0 Å². The molecule has 1 aliphatic heterocycles. The number of carbonyl (C=O) groups excluding carboxylic acids is 1. The summed E-state index contributed by atoms with van der Waals surface area (Å²) in [6.45, 7) is 6.62. The fourth-order valence-corrected chi connectivity index (χ4v) is 2.89. The Balaban J connectivity index is 2.07. The van der Waals surface area contributed by atoms with Gasteiger partial charge in [-0.05, 0) is 57.7 Å². The molecule has 0 aromatic heterocycles. The number of amides is 1. The largest absolute Gasteiger partial charge is 0.444 e. The molecule has 0 spiro atoms. The number of aliphatic hydroxyl groups is 1. The highest BCUT2D eigenvalue weighted by molar-refractivity contribution is 6.30. The number of carbonyl (C=O) groups is 1. The van der Waals surface area contributed by atoms with Crippen LogP contribution in [0.4, 0.5) is 4.79 Å². The number of nitrogens with zero attached hydrogens (tertiary/aromatic N) is 1. The third kappa shape index (κ3) is 4.37. The van der Waals surface area contributed by atoms with Gasteiger partial charge in [-0.1, -0.05) is 23.7 Å². The maximum atomic E-state index is 12.2. The molecule has 0 saturated carbocycles. The van der Waals surface area contributed by atoms with E-state index >= 15 is 0 Å². The summed E-state index contributed by atoms with van der Waals surface area (Å²) in [5, 5.41) is 11.6. The molecule has 1 unspecified atom stereocenters. The summed E-state index contributed by atoms with van der Waals surface area (Å²) in [5.74, 6) is 0. The smallest absolute Gasteiger partial charge is 0.410 e. The lowest BCUT2D eigenvalue weighted by molar-refractivity contribution is 0.0128. The van der Waals surface area contributed by atoms with Gasteiger partial charge < -0.3 is 14.7 Å². The minimum absolute atomic E-state index is 0.317. The highest BCUT2D eigenvalue weighted by Crippen LogP contribution is 2.34. The van der Waals surface area contributed by atoms with Crippen LogP contribution in [0.2, 0.25) is 5.02 Å². The monoisotopic (exact) mass is 325 g/mol. The van der Waals surface area contributed by atoms with Crippen LogP contribution >= 0.6 is 11.6 Å². The summed E-state index contributed by atoms with van der Waals surface area (Å²) >= 11 is 6.02. The minimum atomic E-state index is -0.943. The van der Waals surface area contributed by atoms with Crippen molar-refractivity contribution in [3.05, 3.63) is 34.9 Å². The molecule has 1 atom stereocenters. The molecule has 1 aromatic carbocycles. The summed E-state index contributed by atoms with van der Waals surface area (Å²) < 4.78 is 5.41. The maximum Gasteiger partial charge on any atom is 0.410 e. The van der Waals surface area contributed by atoms with Crippen molar-refractivity contribution in [1.29, 1.82) is 0 Å². The van der Waals surface area contributed by atoms with E-state index in [4.69, 9.17) is 16.3 Å². The predicted octanol–water partition coefficient (Wildman–Crippen LogP) is 3.95. The van der Waals surface area contributed by atoms with Crippen molar-refractivity contribution in [1.82, 2.24) is 4.90 Å². The van der Waals surface area contributed by atoms with E-state index < -0.39 is 11.2 Å². The molecule has 122 valence electrons. The van der Waals surface area contributed by atoms with Crippen molar-refractivity contribution in [3.8, 4) is 0 Å². The molecular formula is C17H24ClNO3. The van der Waals surface area contributed by atoms with Gasteiger partial charge in [-0.15, -0.1) is 0 Å². The lowest BCUT2D eigenvalue weighted by atomic mass is 9.87. The highest BCUT2D eigenvalue weighted by atomic mass is 35.5. The van der Waals surface area contributed by atoms with E-state index in [9.17, 15) is 9.90 Å². The molecule has 4 nitrogen and oxygen atoms in total.